The van der Waals surface area contributed by atoms with Crippen LogP contribution in [0.1, 0.15) is 22.7 Å². The van der Waals surface area contributed by atoms with Gasteiger partial charge >= 0.3 is 0 Å². The van der Waals surface area contributed by atoms with Gasteiger partial charge in [-0.05, 0) is 26.0 Å². The first-order chi connectivity index (χ1) is 10.2. The zero-order valence-electron chi connectivity index (χ0n) is 12.0. The van der Waals surface area contributed by atoms with E-state index in [0.29, 0.717) is 13.2 Å². The lowest BCUT2D eigenvalue weighted by atomic mass is 10.2. The van der Waals surface area contributed by atoms with Gasteiger partial charge in [-0.1, -0.05) is 28.1 Å². The van der Waals surface area contributed by atoms with E-state index in [1.54, 1.807) is 4.68 Å². The second kappa shape index (κ2) is 5.78. The molecule has 0 bridgehead atoms. The molecule has 3 rings (SSSR count). The summed E-state index contributed by atoms with van der Waals surface area (Å²) in [6.07, 6.45) is 1.85. The van der Waals surface area contributed by atoms with Gasteiger partial charge in [-0.15, -0.1) is 5.10 Å². The smallest absolute Gasteiger partial charge is 0.134 e. The average molecular weight is 284 g/mol. The van der Waals surface area contributed by atoms with E-state index in [1.807, 2.05) is 50.4 Å². The molecule has 21 heavy (non-hydrogen) atoms. The predicted octanol–water partition coefficient (Wildman–Crippen LogP) is 2.51. The Bertz CT molecular complexity index is 715. The standard InChI is InChI=1S/C15H16N4O2/c1-11-3-5-15(6-4-11)20-10-14-9-19(18-16-14)8-13-7-12(2)21-17-13/h3-7,9H,8,10H2,1-2H3. The lowest BCUT2D eigenvalue weighted by molar-refractivity contribution is 0.301. The molecule has 0 aliphatic heterocycles. The molecule has 0 fully saturated rings. The topological polar surface area (TPSA) is 66.0 Å². The van der Waals surface area contributed by atoms with Gasteiger partial charge in [-0.3, -0.25) is 0 Å². The van der Waals surface area contributed by atoms with Gasteiger partial charge in [0.25, 0.3) is 0 Å². The Labute approximate surface area is 122 Å². The lowest BCUT2D eigenvalue weighted by Crippen LogP contribution is -2.00. The number of aromatic nitrogens is 4. The molecule has 0 amide bonds. The molecule has 2 aromatic heterocycles. The first-order valence-corrected chi connectivity index (χ1v) is 6.70. The molecule has 3 aromatic rings. The summed E-state index contributed by atoms with van der Waals surface area (Å²) in [6, 6.07) is 9.79. The van der Waals surface area contributed by atoms with E-state index in [-0.39, 0.29) is 0 Å². The van der Waals surface area contributed by atoms with Crippen LogP contribution >= 0.6 is 0 Å². The maximum absolute atomic E-state index is 5.66. The normalized spacial score (nSPS) is 10.8. The van der Waals surface area contributed by atoms with Crippen LogP contribution < -0.4 is 4.74 Å². The summed E-state index contributed by atoms with van der Waals surface area (Å²) in [7, 11) is 0. The van der Waals surface area contributed by atoms with E-state index >= 15 is 0 Å². The highest BCUT2D eigenvalue weighted by molar-refractivity contribution is 5.26. The van der Waals surface area contributed by atoms with Gasteiger partial charge in [0, 0.05) is 6.07 Å². The van der Waals surface area contributed by atoms with Gasteiger partial charge in [0.1, 0.15) is 29.5 Å². The van der Waals surface area contributed by atoms with Gasteiger partial charge in [0.15, 0.2) is 0 Å². The Balaban J connectivity index is 1.58. The van der Waals surface area contributed by atoms with Crippen molar-refractivity contribution >= 4 is 0 Å². The zero-order valence-corrected chi connectivity index (χ0v) is 12.0. The second-order valence-corrected chi connectivity index (χ2v) is 4.94. The molecular formula is C15H16N4O2. The quantitative estimate of drug-likeness (QED) is 0.720. The molecule has 2 heterocycles. The number of ether oxygens (including phenoxy) is 1. The van der Waals surface area contributed by atoms with Crippen LogP contribution in [0.25, 0.3) is 0 Å². The molecule has 0 N–H and O–H groups in total. The predicted molar refractivity (Wildman–Crippen MR) is 75.9 cm³/mol. The minimum absolute atomic E-state index is 0.390. The van der Waals surface area contributed by atoms with Crippen molar-refractivity contribution in [2.45, 2.75) is 27.0 Å². The molecule has 0 saturated heterocycles. The fourth-order valence-electron chi connectivity index (χ4n) is 1.93. The molecule has 0 aliphatic rings. The summed E-state index contributed by atoms with van der Waals surface area (Å²) in [5.74, 6) is 1.61. The van der Waals surface area contributed by atoms with Crippen molar-refractivity contribution in [1.82, 2.24) is 20.2 Å². The van der Waals surface area contributed by atoms with Crippen molar-refractivity contribution in [3.63, 3.8) is 0 Å². The fraction of sp³-hybridized carbons (Fsp3) is 0.267. The summed E-state index contributed by atoms with van der Waals surface area (Å²) < 4.78 is 12.4. The van der Waals surface area contributed by atoms with Crippen LogP contribution in [-0.2, 0) is 13.2 Å². The highest BCUT2D eigenvalue weighted by Crippen LogP contribution is 2.13. The number of aryl methyl sites for hydroxylation is 2. The van der Waals surface area contributed by atoms with Crippen molar-refractivity contribution in [1.29, 1.82) is 0 Å². The van der Waals surface area contributed by atoms with Gasteiger partial charge in [-0.25, -0.2) is 4.68 Å². The Morgan fingerprint density at radius 1 is 1.14 bits per heavy atom. The lowest BCUT2D eigenvalue weighted by Gasteiger charge is -2.03. The van der Waals surface area contributed by atoms with Gasteiger partial charge in [0.05, 0.1) is 12.7 Å². The van der Waals surface area contributed by atoms with Crippen LogP contribution in [0.5, 0.6) is 5.75 Å². The SMILES string of the molecule is Cc1ccc(OCc2cn(Cc3cc(C)on3)nn2)cc1. The average Bonchev–Trinajstić information content (AvgIpc) is 3.08. The van der Waals surface area contributed by atoms with Crippen LogP contribution in [0.3, 0.4) is 0 Å². The highest BCUT2D eigenvalue weighted by atomic mass is 16.5. The summed E-state index contributed by atoms with van der Waals surface area (Å²) in [4.78, 5) is 0. The molecule has 0 aliphatic carbocycles. The van der Waals surface area contributed by atoms with E-state index in [9.17, 15) is 0 Å². The minimum Gasteiger partial charge on any atom is -0.487 e. The minimum atomic E-state index is 0.390. The third-order valence-electron chi connectivity index (χ3n) is 2.99. The first kappa shape index (κ1) is 13.4. The molecular weight excluding hydrogens is 268 g/mol. The van der Waals surface area contributed by atoms with Crippen LogP contribution in [-0.4, -0.2) is 20.2 Å². The van der Waals surface area contributed by atoms with E-state index in [4.69, 9.17) is 9.26 Å². The summed E-state index contributed by atoms with van der Waals surface area (Å²) in [5, 5.41) is 12.1. The number of benzene rings is 1. The van der Waals surface area contributed by atoms with Crippen molar-refractivity contribution in [2.24, 2.45) is 0 Å². The summed E-state index contributed by atoms with van der Waals surface area (Å²) >= 11 is 0. The van der Waals surface area contributed by atoms with Crippen molar-refractivity contribution in [3.05, 3.63) is 59.2 Å². The molecule has 0 atom stereocenters. The maximum atomic E-state index is 5.66. The fourth-order valence-corrected chi connectivity index (χ4v) is 1.93. The van der Waals surface area contributed by atoms with Crippen LogP contribution in [0, 0.1) is 13.8 Å². The Kier molecular flexibility index (Phi) is 3.68. The zero-order chi connectivity index (χ0) is 14.7. The highest BCUT2D eigenvalue weighted by Gasteiger charge is 2.05. The first-order valence-electron chi connectivity index (χ1n) is 6.70. The van der Waals surface area contributed by atoms with E-state index in [0.717, 1.165) is 22.9 Å². The molecule has 6 nitrogen and oxygen atoms in total. The van der Waals surface area contributed by atoms with Gasteiger partial charge in [-0.2, -0.15) is 0 Å². The molecule has 0 saturated carbocycles. The molecule has 0 radical (unpaired) electrons. The third-order valence-corrected chi connectivity index (χ3v) is 2.99. The monoisotopic (exact) mass is 284 g/mol. The Morgan fingerprint density at radius 2 is 1.95 bits per heavy atom. The number of rotatable bonds is 5. The Morgan fingerprint density at radius 3 is 2.67 bits per heavy atom. The van der Waals surface area contributed by atoms with E-state index < -0.39 is 0 Å². The van der Waals surface area contributed by atoms with Crippen molar-refractivity contribution < 1.29 is 9.26 Å². The number of nitrogens with zero attached hydrogens (tertiary/aromatic N) is 4. The van der Waals surface area contributed by atoms with Gasteiger partial charge < -0.3 is 9.26 Å². The largest absolute Gasteiger partial charge is 0.487 e. The molecule has 108 valence electrons. The second-order valence-electron chi connectivity index (χ2n) is 4.94. The maximum Gasteiger partial charge on any atom is 0.134 e. The number of hydrogen-bond donors (Lipinski definition) is 0. The van der Waals surface area contributed by atoms with Crippen molar-refractivity contribution in [3.8, 4) is 5.75 Å². The van der Waals surface area contributed by atoms with E-state index in [2.05, 4.69) is 15.5 Å². The third kappa shape index (κ3) is 3.47. The molecule has 0 unspecified atom stereocenters. The summed E-state index contributed by atoms with van der Waals surface area (Å²) in [6.45, 7) is 4.83. The van der Waals surface area contributed by atoms with Crippen LogP contribution in [0.2, 0.25) is 0 Å². The Hall–Kier alpha value is -2.63. The molecule has 1 aromatic carbocycles. The van der Waals surface area contributed by atoms with E-state index in [1.165, 1.54) is 5.56 Å². The number of hydrogen-bond acceptors (Lipinski definition) is 5. The van der Waals surface area contributed by atoms with Crippen LogP contribution in [0.4, 0.5) is 0 Å². The molecule has 0 spiro atoms. The van der Waals surface area contributed by atoms with Crippen molar-refractivity contribution in [2.75, 3.05) is 0 Å². The summed E-state index contributed by atoms with van der Waals surface area (Å²) in [5.41, 5.74) is 2.80. The van der Waals surface area contributed by atoms with Gasteiger partial charge in [0.2, 0.25) is 0 Å². The van der Waals surface area contributed by atoms with Crippen LogP contribution in [0.15, 0.2) is 41.1 Å². The molecule has 6 heteroatoms.